The Bertz CT molecular complexity index is 1260. The molecule has 0 atom stereocenters. The molecule has 172 valence electrons. The zero-order chi connectivity index (χ0) is 23.4. The van der Waals surface area contributed by atoms with Gasteiger partial charge in [0, 0.05) is 50.1 Å². The number of nitro groups is 1. The smallest absolute Gasteiger partial charge is 0.270 e. The highest BCUT2D eigenvalue weighted by Gasteiger charge is 2.31. The Balaban J connectivity index is 1.51. The number of sulfonamides is 1. The van der Waals surface area contributed by atoms with E-state index in [9.17, 15) is 22.9 Å². The molecule has 0 bridgehead atoms. The fourth-order valence-corrected chi connectivity index (χ4v) is 5.18. The summed E-state index contributed by atoms with van der Waals surface area (Å²) in [5.74, 6) is 0.170. The minimum absolute atomic E-state index is 0.127. The molecule has 2 heterocycles. The van der Waals surface area contributed by atoms with Gasteiger partial charge in [0.05, 0.1) is 10.6 Å². The average Bonchev–Trinajstić information content (AvgIpc) is 3.34. The van der Waals surface area contributed by atoms with E-state index >= 15 is 0 Å². The maximum absolute atomic E-state index is 13.3. The Morgan fingerprint density at radius 2 is 1.91 bits per heavy atom. The highest BCUT2D eigenvalue weighted by atomic mass is 32.2. The summed E-state index contributed by atoms with van der Waals surface area (Å²) in [7, 11) is -3.87. The van der Waals surface area contributed by atoms with E-state index < -0.39 is 20.8 Å². The van der Waals surface area contributed by atoms with E-state index in [4.69, 9.17) is 4.74 Å². The first kappa shape index (κ1) is 22.6. The molecule has 0 aliphatic carbocycles. The Morgan fingerprint density at radius 1 is 1.12 bits per heavy atom. The number of ether oxygens (including phenoxy) is 1. The molecule has 3 aromatic rings. The van der Waals surface area contributed by atoms with Crippen LogP contribution >= 0.6 is 0 Å². The molecule has 9 nitrogen and oxygen atoms in total. The zero-order valence-corrected chi connectivity index (χ0v) is 18.3. The van der Waals surface area contributed by atoms with Gasteiger partial charge in [0.2, 0.25) is 15.9 Å². The number of benzene rings is 2. The van der Waals surface area contributed by atoms with Gasteiger partial charge < -0.3 is 10.1 Å². The summed E-state index contributed by atoms with van der Waals surface area (Å²) >= 11 is 0. The standard InChI is InChI=1S/C22H21FN4O5S/c23-17-4-3-5-19(12-17)32-22-9-6-16(15-25-22)14-24-20-8-7-18(27(28)29)13-21(20)33(30,31)26-10-1-2-11-26/h3-9,12-13,15,24H,1-2,10-11,14H2. The number of nitrogens with zero attached hydrogens (tertiary/aromatic N) is 3. The minimum atomic E-state index is -3.87. The van der Waals surface area contributed by atoms with Crippen molar-refractivity contribution in [3.05, 3.63) is 82.3 Å². The second kappa shape index (κ2) is 9.51. The number of nitrogens with one attached hydrogen (secondary N) is 1. The molecule has 0 unspecified atom stereocenters. The topological polar surface area (TPSA) is 115 Å². The molecule has 1 aromatic heterocycles. The van der Waals surface area contributed by atoms with Crippen molar-refractivity contribution in [2.75, 3.05) is 18.4 Å². The van der Waals surface area contributed by atoms with E-state index in [2.05, 4.69) is 10.3 Å². The van der Waals surface area contributed by atoms with Crippen molar-refractivity contribution < 1.29 is 22.5 Å². The number of non-ortho nitro benzene ring substituents is 1. The van der Waals surface area contributed by atoms with Gasteiger partial charge in [-0.2, -0.15) is 4.31 Å². The van der Waals surface area contributed by atoms with Crippen molar-refractivity contribution in [1.29, 1.82) is 0 Å². The zero-order valence-electron chi connectivity index (χ0n) is 17.5. The number of halogens is 1. The third-order valence-corrected chi connectivity index (χ3v) is 7.10. The lowest BCUT2D eigenvalue weighted by molar-refractivity contribution is -0.385. The van der Waals surface area contributed by atoms with Crippen LogP contribution in [0.2, 0.25) is 0 Å². The Hall–Kier alpha value is -3.57. The minimum Gasteiger partial charge on any atom is -0.439 e. The Kier molecular flexibility index (Phi) is 6.52. The van der Waals surface area contributed by atoms with Gasteiger partial charge in [-0.3, -0.25) is 10.1 Å². The number of hydrogen-bond donors (Lipinski definition) is 1. The van der Waals surface area contributed by atoms with Crippen molar-refractivity contribution in [2.45, 2.75) is 24.3 Å². The summed E-state index contributed by atoms with van der Waals surface area (Å²) in [6.45, 7) is 1.01. The summed E-state index contributed by atoms with van der Waals surface area (Å²) in [5, 5.41) is 14.3. The molecule has 4 rings (SSSR count). The number of pyridine rings is 1. The second-order valence-electron chi connectivity index (χ2n) is 7.47. The van der Waals surface area contributed by atoms with Crippen LogP contribution in [0, 0.1) is 15.9 Å². The van der Waals surface area contributed by atoms with E-state index in [1.807, 2.05) is 0 Å². The third kappa shape index (κ3) is 5.26. The molecule has 1 saturated heterocycles. The number of anilines is 1. The quantitative estimate of drug-likeness (QED) is 0.384. The van der Waals surface area contributed by atoms with E-state index in [1.54, 1.807) is 24.4 Å². The molecule has 1 fully saturated rings. The molecule has 1 aliphatic rings. The van der Waals surface area contributed by atoms with E-state index in [1.165, 1.54) is 34.6 Å². The lowest BCUT2D eigenvalue weighted by Gasteiger charge is -2.18. The van der Waals surface area contributed by atoms with Gasteiger partial charge in [-0.25, -0.2) is 17.8 Å². The first-order valence-corrected chi connectivity index (χ1v) is 11.7. The molecule has 0 spiro atoms. The van der Waals surface area contributed by atoms with Crippen LogP contribution in [0.3, 0.4) is 0 Å². The monoisotopic (exact) mass is 472 g/mol. The summed E-state index contributed by atoms with van der Waals surface area (Å²) in [5.41, 5.74) is 0.705. The summed E-state index contributed by atoms with van der Waals surface area (Å²) in [6.07, 6.45) is 3.06. The number of aromatic nitrogens is 1. The molecule has 0 amide bonds. The summed E-state index contributed by atoms with van der Waals surface area (Å²) in [4.78, 5) is 14.7. The maximum atomic E-state index is 13.3. The van der Waals surface area contributed by atoms with Gasteiger partial charge in [-0.15, -0.1) is 0 Å². The van der Waals surface area contributed by atoms with Gasteiger partial charge in [0.25, 0.3) is 5.69 Å². The summed E-state index contributed by atoms with van der Waals surface area (Å²) < 4.78 is 46.3. The SMILES string of the molecule is O=[N+]([O-])c1ccc(NCc2ccc(Oc3cccc(F)c3)nc2)c(S(=O)(=O)N2CCCC2)c1. The maximum Gasteiger partial charge on any atom is 0.270 e. The fraction of sp³-hybridized carbons (Fsp3) is 0.227. The molecule has 0 saturated carbocycles. The van der Waals surface area contributed by atoms with Crippen LogP contribution in [-0.2, 0) is 16.6 Å². The highest BCUT2D eigenvalue weighted by molar-refractivity contribution is 7.89. The normalized spacial score (nSPS) is 14.2. The van der Waals surface area contributed by atoms with Crippen LogP contribution in [0.25, 0.3) is 0 Å². The molecule has 11 heteroatoms. The largest absolute Gasteiger partial charge is 0.439 e. The lowest BCUT2D eigenvalue weighted by Crippen LogP contribution is -2.28. The van der Waals surface area contributed by atoms with E-state index in [0.717, 1.165) is 24.5 Å². The van der Waals surface area contributed by atoms with Gasteiger partial charge >= 0.3 is 0 Å². The molecular weight excluding hydrogens is 451 g/mol. The lowest BCUT2D eigenvalue weighted by atomic mass is 10.2. The number of rotatable bonds is 8. The van der Waals surface area contributed by atoms with Crippen LogP contribution in [0.5, 0.6) is 11.6 Å². The van der Waals surface area contributed by atoms with Gasteiger partial charge in [0.1, 0.15) is 16.5 Å². The van der Waals surface area contributed by atoms with Crippen molar-refractivity contribution in [2.24, 2.45) is 0 Å². The van der Waals surface area contributed by atoms with Crippen molar-refractivity contribution in [3.8, 4) is 11.6 Å². The van der Waals surface area contributed by atoms with Gasteiger partial charge in [-0.05, 0) is 36.6 Å². The van der Waals surface area contributed by atoms with Gasteiger partial charge in [0.15, 0.2) is 0 Å². The van der Waals surface area contributed by atoms with Crippen LogP contribution in [-0.4, -0.2) is 35.7 Å². The molecule has 0 radical (unpaired) electrons. The predicted molar refractivity (Wildman–Crippen MR) is 119 cm³/mol. The Labute approximate surface area is 190 Å². The van der Waals surface area contributed by atoms with Crippen molar-refractivity contribution >= 4 is 21.4 Å². The predicted octanol–water partition coefficient (Wildman–Crippen LogP) is 4.32. The van der Waals surface area contributed by atoms with E-state index in [-0.39, 0.29) is 28.7 Å². The average molecular weight is 472 g/mol. The first-order valence-electron chi connectivity index (χ1n) is 10.2. The summed E-state index contributed by atoms with van der Waals surface area (Å²) in [6, 6.07) is 12.8. The molecule has 1 aliphatic heterocycles. The number of nitro benzene ring substituents is 1. The molecular formula is C22H21FN4O5S. The van der Waals surface area contributed by atoms with Crippen LogP contribution in [0.4, 0.5) is 15.8 Å². The Morgan fingerprint density at radius 3 is 2.58 bits per heavy atom. The van der Waals surface area contributed by atoms with E-state index in [0.29, 0.717) is 18.8 Å². The second-order valence-corrected chi connectivity index (χ2v) is 9.37. The van der Waals surface area contributed by atoms with Crippen LogP contribution in [0.15, 0.2) is 65.7 Å². The van der Waals surface area contributed by atoms with Gasteiger partial charge in [-0.1, -0.05) is 12.1 Å². The highest BCUT2D eigenvalue weighted by Crippen LogP contribution is 2.31. The number of hydrogen-bond acceptors (Lipinski definition) is 7. The third-order valence-electron chi connectivity index (χ3n) is 5.16. The molecule has 33 heavy (non-hydrogen) atoms. The molecule has 2 aromatic carbocycles. The van der Waals surface area contributed by atoms with Crippen LogP contribution < -0.4 is 10.1 Å². The van der Waals surface area contributed by atoms with Crippen molar-refractivity contribution in [1.82, 2.24) is 9.29 Å². The molecule has 1 N–H and O–H groups in total. The van der Waals surface area contributed by atoms with Crippen LogP contribution in [0.1, 0.15) is 18.4 Å². The fourth-order valence-electron chi connectivity index (χ4n) is 3.48. The first-order chi connectivity index (χ1) is 15.8. The van der Waals surface area contributed by atoms with Crippen molar-refractivity contribution in [3.63, 3.8) is 0 Å².